The van der Waals surface area contributed by atoms with Crippen molar-refractivity contribution >= 4 is 34.7 Å². The van der Waals surface area contributed by atoms with Crippen LogP contribution in [-0.2, 0) is 6.54 Å². The van der Waals surface area contributed by atoms with Crippen LogP contribution < -0.4 is 16.1 Å². The fourth-order valence-corrected chi connectivity index (χ4v) is 1.73. The number of benzene rings is 1. The number of thiocarbonyl (C=S) groups is 2. The molecular formula is C13H20N4S2. The van der Waals surface area contributed by atoms with E-state index in [1.54, 1.807) is 5.01 Å². The van der Waals surface area contributed by atoms with Gasteiger partial charge in [-0.05, 0) is 36.4 Å². The SMILES string of the molecule is CCCNC(=S)NN(C)C(=S)NCc1ccccc1. The summed E-state index contributed by atoms with van der Waals surface area (Å²) in [5.74, 6) is 0. The smallest absolute Gasteiger partial charge is 0.187 e. The normalized spacial score (nSPS) is 9.58. The van der Waals surface area contributed by atoms with E-state index in [0.29, 0.717) is 16.8 Å². The Morgan fingerprint density at radius 3 is 2.47 bits per heavy atom. The molecule has 0 saturated carbocycles. The molecule has 0 atom stereocenters. The van der Waals surface area contributed by atoms with E-state index in [4.69, 9.17) is 24.4 Å². The zero-order chi connectivity index (χ0) is 14.1. The highest BCUT2D eigenvalue weighted by molar-refractivity contribution is 7.80. The Kier molecular flexibility index (Phi) is 7.14. The van der Waals surface area contributed by atoms with Crippen molar-refractivity contribution in [3.8, 4) is 0 Å². The van der Waals surface area contributed by atoms with Crippen molar-refractivity contribution in [2.45, 2.75) is 19.9 Å². The van der Waals surface area contributed by atoms with Crippen LogP contribution in [0.4, 0.5) is 0 Å². The molecule has 0 aliphatic carbocycles. The van der Waals surface area contributed by atoms with Gasteiger partial charge < -0.3 is 10.6 Å². The second-order valence-electron chi connectivity index (χ2n) is 4.07. The fourth-order valence-electron chi connectivity index (χ4n) is 1.37. The van der Waals surface area contributed by atoms with Crippen molar-refractivity contribution in [1.82, 2.24) is 21.1 Å². The predicted octanol–water partition coefficient (Wildman–Crippen LogP) is 1.78. The Hall–Kier alpha value is -1.40. The van der Waals surface area contributed by atoms with Gasteiger partial charge in [0.2, 0.25) is 0 Å². The van der Waals surface area contributed by atoms with E-state index >= 15 is 0 Å². The van der Waals surface area contributed by atoms with Crippen LogP contribution in [0.5, 0.6) is 0 Å². The van der Waals surface area contributed by atoms with E-state index in [1.165, 1.54) is 5.56 Å². The molecule has 0 amide bonds. The van der Waals surface area contributed by atoms with Crippen LogP contribution in [0.15, 0.2) is 30.3 Å². The van der Waals surface area contributed by atoms with E-state index in [-0.39, 0.29) is 0 Å². The predicted molar refractivity (Wildman–Crippen MR) is 87.7 cm³/mol. The van der Waals surface area contributed by atoms with Crippen molar-refractivity contribution < 1.29 is 0 Å². The number of hydrogen-bond acceptors (Lipinski definition) is 2. The van der Waals surface area contributed by atoms with Gasteiger partial charge >= 0.3 is 0 Å². The maximum atomic E-state index is 5.27. The summed E-state index contributed by atoms with van der Waals surface area (Å²) < 4.78 is 0. The molecule has 0 unspecified atom stereocenters. The molecular weight excluding hydrogens is 276 g/mol. The fraction of sp³-hybridized carbons (Fsp3) is 0.385. The quantitative estimate of drug-likeness (QED) is 0.581. The summed E-state index contributed by atoms with van der Waals surface area (Å²) >= 11 is 10.4. The molecule has 1 aromatic rings. The van der Waals surface area contributed by atoms with E-state index in [1.807, 2.05) is 25.2 Å². The number of hydrazine groups is 1. The van der Waals surface area contributed by atoms with Gasteiger partial charge in [-0.2, -0.15) is 0 Å². The molecule has 0 fully saturated rings. The lowest BCUT2D eigenvalue weighted by Crippen LogP contribution is -2.51. The maximum Gasteiger partial charge on any atom is 0.187 e. The van der Waals surface area contributed by atoms with Crippen LogP contribution in [0.2, 0.25) is 0 Å². The molecule has 4 nitrogen and oxygen atoms in total. The average molecular weight is 296 g/mol. The molecule has 1 aromatic carbocycles. The van der Waals surface area contributed by atoms with Gasteiger partial charge in [0, 0.05) is 20.1 Å². The highest BCUT2D eigenvalue weighted by atomic mass is 32.1. The summed E-state index contributed by atoms with van der Waals surface area (Å²) in [7, 11) is 1.83. The van der Waals surface area contributed by atoms with E-state index in [0.717, 1.165) is 13.0 Å². The molecule has 0 heterocycles. The highest BCUT2D eigenvalue weighted by Crippen LogP contribution is 1.97. The highest BCUT2D eigenvalue weighted by Gasteiger charge is 2.04. The van der Waals surface area contributed by atoms with E-state index < -0.39 is 0 Å². The van der Waals surface area contributed by atoms with Crippen molar-refractivity contribution in [3.63, 3.8) is 0 Å². The summed E-state index contributed by atoms with van der Waals surface area (Å²) in [5, 5.41) is 9.13. The molecule has 0 aromatic heterocycles. The van der Waals surface area contributed by atoms with Gasteiger partial charge in [-0.3, -0.25) is 10.4 Å². The molecule has 1 rings (SSSR count). The first-order valence-corrected chi connectivity index (χ1v) is 7.05. The first kappa shape index (κ1) is 15.7. The Morgan fingerprint density at radius 1 is 1.16 bits per heavy atom. The minimum absolute atomic E-state index is 0.577. The molecule has 0 saturated heterocycles. The summed E-state index contributed by atoms with van der Waals surface area (Å²) in [6, 6.07) is 10.1. The first-order chi connectivity index (χ1) is 9.13. The molecule has 19 heavy (non-hydrogen) atoms. The van der Waals surface area contributed by atoms with Gasteiger partial charge in [-0.25, -0.2) is 0 Å². The monoisotopic (exact) mass is 296 g/mol. The Balaban J connectivity index is 2.30. The van der Waals surface area contributed by atoms with Crippen LogP contribution in [0, 0.1) is 0 Å². The third kappa shape index (κ3) is 6.35. The minimum Gasteiger partial charge on any atom is -0.361 e. The number of rotatable bonds is 4. The average Bonchev–Trinajstić information content (AvgIpc) is 2.43. The van der Waals surface area contributed by atoms with E-state index in [2.05, 4.69) is 35.1 Å². The molecule has 0 aliphatic heterocycles. The number of nitrogens with zero attached hydrogens (tertiary/aromatic N) is 1. The third-order valence-corrected chi connectivity index (χ3v) is 3.05. The van der Waals surface area contributed by atoms with Gasteiger partial charge in [0.05, 0.1) is 0 Å². The Labute approximate surface area is 125 Å². The molecule has 0 spiro atoms. The van der Waals surface area contributed by atoms with Crippen LogP contribution in [0.25, 0.3) is 0 Å². The molecule has 0 bridgehead atoms. The Bertz CT molecular complexity index is 408. The van der Waals surface area contributed by atoms with Gasteiger partial charge in [-0.1, -0.05) is 37.3 Å². The topological polar surface area (TPSA) is 39.3 Å². The van der Waals surface area contributed by atoms with Crippen LogP contribution in [-0.4, -0.2) is 28.8 Å². The number of hydrogen-bond donors (Lipinski definition) is 3. The summed E-state index contributed by atoms with van der Waals surface area (Å²) in [4.78, 5) is 0. The zero-order valence-corrected chi connectivity index (χ0v) is 12.9. The second kappa shape index (κ2) is 8.66. The standard InChI is InChI=1S/C13H20N4S2/c1-3-9-14-12(18)16-17(2)13(19)15-10-11-7-5-4-6-8-11/h4-8H,3,9-10H2,1-2H3,(H,15,19)(H2,14,16,18). The van der Waals surface area contributed by atoms with Gasteiger partial charge in [-0.15, -0.1) is 0 Å². The Morgan fingerprint density at radius 2 is 1.84 bits per heavy atom. The van der Waals surface area contributed by atoms with Crippen molar-refractivity contribution in [2.75, 3.05) is 13.6 Å². The van der Waals surface area contributed by atoms with Crippen LogP contribution >= 0.6 is 24.4 Å². The van der Waals surface area contributed by atoms with Crippen LogP contribution in [0.3, 0.4) is 0 Å². The summed E-state index contributed by atoms with van der Waals surface area (Å²) in [6.07, 6.45) is 1.03. The second-order valence-corrected chi connectivity index (χ2v) is 4.87. The molecule has 6 heteroatoms. The molecule has 104 valence electrons. The third-order valence-electron chi connectivity index (χ3n) is 2.40. The first-order valence-electron chi connectivity index (χ1n) is 6.23. The van der Waals surface area contributed by atoms with Gasteiger partial charge in [0.15, 0.2) is 10.2 Å². The van der Waals surface area contributed by atoms with Gasteiger partial charge in [0.1, 0.15) is 0 Å². The lowest BCUT2D eigenvalue weighted by molar-refractivity contribution is 0.443. The zero-order valence-electron chi connectivity index (χ0n) is 11.3. The molecule has 3 N–H and O–H groups in total. The largest absolute Gasteiger partial charge is 0.361 e. The molecule has 0 radical (unpaired) electrons. The number of nitrogens with one attached hydrogen (secondary N) is 3. The van der Waals surface area contributed by atoms with E-state index in [9.17, 15) is 0 Å². The van der Waals surface area contributed by atoms with Gasteiger partial charge in [0.25, 0.3) is 0 Å². The summed E-state index contributed by atoms with van der Waals surface area (Å²) in [6.45, 7) is 3.64. The summed E-state index contributed by atoms with van der Waals surface area (Å²) in [5.41, 5.74) is 4.19. The molecule has 0 aliphatic rings. The lowest BCUT2D eigenvalue weighted by Gasteiger charge is -2.23. The van der Waals surface area contributed by atoms with Crippen molar-refractivity contribution in [3.05, 3.63) is 35.9 Å². The van der Waals surface area contributed by atoms with Crippen molar-refractivity contribution in [2.24, 2.45) is 0 Å². The maximum absolute atomic E-state index is 5.27. The van der Waals surface area contributed by atoms with Crippen molar-refractivity contribution in [1.29, 1.82) is 0 Å². The minimum atomic E-state index is 0.577. The van der Waals surface area contributed by atoms with Crippen LogP contribution in [0.1, 0.15) is 18.9 Å². The lowest BCUT2D eigenvalue weighted by atomic mass is 10.2.